The number of ketones is 1. The maximum Gasteiger partial charge on any atom is 0.180 e. The molecule has 0 spiro atoms. The molecule has 1 rings (SSSR count). The highest BCUT2D eigenvalue weighted by Crippen LogP contribution is 2.02. The lowest BCUT2D eigenvalue weighted by atomic mass is 10.1. The molecule has 0 amide bonds. The molecule has 60 valence electrons. The Hall–Kier alpha value is -1.12. The number of hydrogen-bond acceptors (Lipinski definition) is 2. The Balaban J connectivity index is 2.43. The SMILES string of the molecule is CCCCC(=O)c1cnc[nH]1. The first-order chi connectivity index (χ1) is 5.34. The normalized spacial score (nSPS) is 9.91. The first kappa shape index (κ1) is 7.98. The third-order valence-corrected chi connectivity index (χ3v) is 1.56. The molecule has 1 heterocycles. The van der Waals surface area contributed by atoms with Gasteiger partial charge < -0.3 is 4.98 Å². The number of H-pyrrole nitrogens is 1. The first-order valence-electron chi connectivity index (χ1n) is 3.86. The van der Waals surface area contributed by atoms with Crippen LogP contribution in [0, 0.1) is 0 Å². The third kappa shape index (κ3) is 2.18. The van der Waals surface area contributed by atoms with E-state index in [9.17, 15) is 4.79 Å². The molecule has 0 unspecified atom stereocenters. The summed E-state index contributed by atoms with van der Waals surface area (Å²) in [5.74, 6) is 0.157. The monoisotopic (exact) mass is 152 g/mol. The van der Waals surface area contributed by atoms with Gasteiger partial charge in [0, 0.05) is 6.42 Å². The summed E-state index contributed by atoms with van der Waals surface area (Å²) in [4.78, 5) is 17.8. The fourth-order valence-electron chi connectivity index (χ4n) is 0.880. The zero-order chi connectivity index (χ0) is 8.10. The summed E-state index contributed by atoms with van der Waals surface area (Å²) in [5.41, 5.74) is 0.624. The van der Waals surface area contributed by atoms with Gasteiger partial charge in [0.05, 0.1) is 12.5 Å². The van der Waals surface area contributed by atoms with Gasteiger partial charge in [-0.15, -0.1) is 0 Å². The van der Waals surface area contributed by atoms with Gasteiger partial charge in [-0.3, -0.25) is 4.79 Å². The molecule has 1 N–H and O–H groups in total. The van der Waals surface area contributed by atoms with Gasteiger partial charge in [-0.25, -0.2) is 4.98 Å². The van der Waals surface area contributed by atoms with Crippen LogP contribution in [-0.2, 0) is 0 Å². The molecule has 0 atom stereocenters. The van der Waals surface area contributed by atoms with Crippen LogP contribution in [0.5, 0.6) is 0 Å². The van der Waals surface area contributed by atoms with Crippen LogP contribution in [0.25, 0.3) is 0 Å². The number of carbonyl (C=O) groups is 1. The zero-order valence-electron chi connectivity index (χ0n) is 6.63. The molecule has 0 aliphatic rings. The van der Waals surface area contributed by atoms with Gasteiger partial charge in [0.2, 0.25) is 0 Å². The fraction of sp³-hybridized carbons (Fsp3) is 0.500. The van der Waals surface area contributed by atoms with Gasteiger partial charge in [-0.2, -0.15) is 0 Å². The maximum atomic E-state index is 11.2. The number of rotatable bonds is 4. The number of aromatic nitrogens is 2. The Labute approximate surface area is 65.8 Å². The van der Waals surface area contributed by atoms with E-state index in [-0.39, 0.29) is 5.78 Å². The van der Waals surface area contributed by atoms with Gasteiger partial charge in [-0.1, -0.05) is 13.3 Å². The topological polar surface area (TPSA) is 45.8 Å². The Morgan fingerprint density at radius 2 is 2.55 bits per heavy atom. The van der Waals surface area contributed by atoms with E-state index in [1.54, 1.807) is 6.20 Å². The summed E-state index contributed by atoms with van der Waals surface area (Å²) in [6.07, 6.45) is 5.73. The van der Waals surface area contributed by atoms with Crippen LogP contribution >= 0.6 is 0 Å². The predicted octanol–water partition coefficient (Wildman–Crippen LogP) is 1.78. The first-order valence-corrected chi connectivity index (χ1v) is 3.86. The largest absolute Gasteiger partial charge is 0.342 e. The van der Waals surface area contributed by atoms with E-state index < -0.39 is 0 Å². The highest BCUT2D eigenvalue weighted by atomic mass is 16.1. The zero-order valence-corrected chi connectivity index (χ0v) is 6.63. The van der Waals surface area contributed by atoms with Gasteiger partial charge in [0.1, 0.15) is 5.69 Å². The Bertz CT molecular complexity index is 216. The molecule has 0 fully saturated rings. The van der Waals surface area contributed by atoms with Crippen LogP contribution in [-0.4, -0.2) is 15.8 Å². The van der Waals surface area contributed by atoms with Crippen molar-refractivity contribution in [3.8, 4) is 0 Å². The molecular formula is C8H12N2O. The molecule has 3 nitrogen and oxygen atoms in total. The predicted molar refractivity (Wildman–Crippen MR) is 42.4 cm³/mol. The number of aromatic amines is 1. The second kappa shape index (κ2) is 3.91. The maximum absolute atomic E-state index is 11.2. The molecule has 0 saturated heterocycles. The minimum atomic E-state index is 0.157. The second-order valence-electron chi connectivity index (χ2n) is 2.49. The van der Waals surface area contributed by atoms with E-state index in [1.807, 2.05) is 0 Å². The Morgan fingerprint density at radius 3 is 3.09 bits per heavy atom. The lowest BCUT2D eigenvalue weighted by Gasteiger charge is -1.93. The lowest BCUT2D eigenvalue weighted by molar-refractivity contribution is 0.0975. The van der Waals surface area contributed by atoms with Crippen molar-refractivity contribution >= 4 is 5.78 Å². The van der Waals surface area contributed by atoms with E-state index in [0.717, 1.165) is 12.8 Å². The van der Waals surface area contributed by atoms with E-state index in [0.29, 0.717) is 12.1 Å². The van der Waals surface area contributed by atoms with Crippen molar-refractivity contribution in [3.63, 3.8) is 0 Å². The molecular weight excluding hydrogens is 140 g/mol. The molecule has 0 saturated carbocycles. The number of nitrogens with one attached hydrogen (secondary N) is 1. The number of imidazole rings is 1. The molecule has 0 radical (unpaired) electrons. The standard InChI is InChI=1S/C8H12N2O/c1-2-3-4-8(11)7-5-9-6-10-7/h5-6H,2-4H2,1H3,(H,9,10). The van der Waals surface area contributed by atoms with Gasteiger partial charge in [-0.05, 0) is 6.42 Å². The van der Waals surface area contributed by atoms with Crippen LogP contribution < -0.4 is 0 Å². The summed E-state index contributed by atoms with van der Waals surface area (Å²) in [6, 6.07) is 0. The summed E-state index contributed by atoms with van der Waals surface area (Å²) >= 11 is 0. The molecule has 0 aromatic carbocycles. The van der Waals surface area contributed by atoms with Crippen LogP contribution in [0.2, 0.25) is 0 Å². The van der Waals surface area contributed by atoms with Crippen molar-refractivity contribution in [3.05, 3.63) is 18.2 Å². The summed E-state index contributed by atoms with van der Waals surface area (Å²) in [5, 5.41) is 0. The van der Waals surface area contributed by atoms with Crippen LogP contribution in [0.3, 0.4) is 0 Å². The van der Waals surface area contributed by atoms with E-state index in [1.165, 1.54) is 6.33 Å². The van der Waals surface area contributed by atoms with Crippen LogP contribution in [0.1, 0.15) is 36.7 Å². The molecule has 1 aromatic heterocycles. The quantitative estimate of drug-likeness (QED) is 0.668. The average molecular weight is 152 g/mol. The number of hydrogen-bond donors (Lipinski definition) is 1. The van der Waals surface area contributed by atoms with Crippen molar-refractivity contribution in [1.82, 2.24) is 9.97 Å². The molecule has 0 bridgehead atoms. The summed E-state index contributed by atoms with van der Waals surface area (Å²) in [7, 11) is 0. The van der Waals surface area contributed by atoms with Gasteiger partial charge in [0.25, 0.3) is 0 Å². The Morgan fingerprint density at radius 1 is 1.73 bits per heavy atom. The highest BCUT2D eigenvalue weighted by Gasteiger charge is 2.04. The second-order valence-corrected chi connectivity index (χ2v) is 2.49. The number of carbonyl (C=O) groups excluding carboxylic acids is 1. The molecule has 11 heavy (non-hydrogen) atoms. The summed E-state index contributed by atoms with van der Waals surface area (Å²) in [6.45, 7) is 2.07. The Kier molecular flexibility index (Phi) is 2.83. The smallest absolute Gasteiger partial charge is 0.180 e. The molecule has 3 heteroatoms. The minimum absolute atomic E-state index is 0.157. The van der Waals surface area contributed by atoms with Crippen molar-refractivity contribution in [1.29, 1.82) is 0 Å². The highest BCUT2D eigenvalue weighted by molar-refractivity contribution is 5.93. The molecule has 0 aliphatic carbocycles. The van der Waals surface area contributed by atoms with E-state index in [4.69, 9.17) is 0 Å². The van der Waals surface area contributed by atoms with Crippen molar-refractivity contribution in [2.24, 2.45) is 0 Å². The van der Waals surface area contributed by atoms with Crippen LogP contribution in [0.15, 0.2) is 12.5 Å². The minimum Gasteiger partial charge on any atom is -0.342 e. The number of nitrogens with zero attached hydrogens (tertiary/aromatic N) is 1. The van der Waals surface area contributed by atoms with Crippen LogP contribution in [0.4, 0.5) is 0 Å². The average Bonchev–Trinajstić information content (AvgIpc) is 2.52. The lowest BCUT2D eigenvalue weighted by Crippen LogP contribution is -1.98. The molecule has 1 aromatic rings. The molecule has 0 aliphatic heterocycles. The van der Waals surface area contributed by atoms with Gasteiger partial charge in [0.15, 0.2) is 5.78 Å². The van der Waals surface area contributed by atoms with E-state index >= 15 is 0 Å². The number of Topliss-reactive ketones (excluding diaryl/α,β-unsaturated/α-hetero) is 1. The van der Waals surface area contributed by atoms with E-state index in [2.05, 4.69) is 16.9 Å². The van der Waals surface area contributed by atoms with Crippen molar-refractivity contribution < 1.29 is 4.79 Å². The fourth-order valence-corrected chi connectivity index (χ4v) is 0.880. The number of unbranched alkanes of at least 4 members (excludes halogenated alkanes) is 1. The summed E-state index contributed by atoms with van der Waals surface area (Å²) < 4.78 is 0. The third-order valence-electron chi connectivity index (χ3n) is 1.56. The van der Waals surface area contributed by atoms with Crippen molar-refractivity contribution in [2.45, 2.75) is 26.2 Å². The van der Waals surface area contributed by atoms with Gasteiger partial charge >= 0.3 is 0 Å². The van der Waals surface area contributed by atoms with Crippen molar-refractivity contribution in [2.75, 3.05) is 0 Å².